The molecule has 1 atom stereocenters. The number of rotatable bonds is 3. The van der Waals surface area contributed by atoms with Crippen LogP contribution in [-0.4, -0.2) is 5.71 Å². The van der Waals surface area contributed by atoms with Crippen molar-refractivity contribution in [3.8, 4) is 0 Å². The Balaban J connectivity index is 1.77. The Hall–Kier alpha value is -1.33. The van der Waals surface area contributed by atoms with Gasteiger partial charge in [0.05, 0.1) is 22.5 Å². The fraction of sp³-hybridized carbons (Fsp3) is 0.105. The van der Waals surface area contributed by atoms with Gasteiger partial charge < -0.3 is 0 Å². The Bertz CT molecular complexity index is 923. The van der Waals surface area contributed by atoms with Gasteiger partial charge in [0.15, 0.2) is 0 Å². The minimum Gasteiger partial charge on any atom is -0.255 e. The average Bonchev–Trinajstić information content (AvgIpc) is 3.24. The maximum atomic E-state index is 6.45. The Morgan fingerprint density at radius 3 is 2.56 bits per heavy atom. The third-order valence-electron chi connectivity index (χ3n) is 4.12. The highest BCUT2D eigenvalue weighted by atomic mass is 79.9. The van der Waals surface area contributed by atoms with E-state index in [0.717, 1.165) is 27.9 Å². The zero-order valence-corrected chi connectivity index (χ0v) is 16.9. The molecule has 0 radical (unpaired) electrons. The molecule has 2 nitrogen and oxygen atoms in total. The van der Waals surface area contributed by atoms with Crippen molar-refractivity contribution in [2.45, 2.75) is 12.5 Å². The molecular weight excluding hydrogens is 439 g/mol. The van der Waals surface area contributed by atoms with E-state index in [2.05, 4.69) is 45.6 Å². The number of halogens is 3. The quantitative estimate of drug-likeness (QED) is 0.411. The van der Waals surface area contributed by atoms with Crippen LogP contribution in [0.1, 0.15) is 22.9 Å². The van der Waals surface area contributed by atoms with Gasteiger partial charge in [-0.3, -0.25) is 5.01 Å². The molecule has 126 valence electrons. The SMILES string of the molecule is Clc1ccc(N2N=C(c3ccc(Br)cc3)C[C@@H]2c2cccs2)c(Cl)c1. The van der Waals surface area contributed by atoms with Crippen LogP contribution in [0.25, 0.3) is 0 Å². The van der Waals surface area contributed by atoms with Crippen LogP contribution in [0.3, 0.4) is 0 Å². The second kappa shape index (κ2) is 7.12. The summed E-state index contributed by atoms with van der Waals surface area (Å²) in [5.74, 6) is 0. The summed E-state index contributed by atoms with van der Waals surface area (Å²) in [6, 6.07) is 18.1. The summed E-state index contributed by atoms with van der Waals surface area (Å²) in [5, 5.41) is 10.2. The van der Waals surface area contributed by atoms with Crippen LogP contribution in [0.5, 0.6) is 0 Å². The van der Waals surface area contributed by atoms with Gasteiger partial charge in [-0.2, -0.15) is 5.10 Å². The Morgan fingerprint density at radius 2 is 1.88 bits per heavy atom. The lowest BCUT2D eigenvalue weighted by molar-refractivity contribution is 0.722. The summed E-state index contributed by atoms with van der Waals surface area (Å²) in [5.41, 5.74) is 3.05. The zero-order valence-electron chi connectivity index (χ0n) is 13.0. The largest absolute Gasteiger partial charge is 0.255 e. The predicted molar refractivity (Wildman–Crippen MR) is 111 cm³/mol. The molecule has 6 heteroatoms. The first-order chi connectivity index (χ1) is 12.1. The Morgan fingerprint density at radius 1 is 1.08 bits per heavy atom. The number of benzene rings is 2. The first-order valence-electron chi connectivity index (χ1n) is 7.73. The van der Waals surface area contributed by atoms with E-state index in [9.17, 15) is 0 Å². The van der Waals surface area contributed by atoms with Gasteiger partial charge in [-0.15, -0.1) is 11.3 Å². The second-order valence-corrected chi connectivity index (χ2v) is 8.47. The molecule has 0 N–H and O–H groups in total. The lowest BCUT2D eigenvalue weighted by Crippen LogP contribution is -2.17. The van der Waals surface area contributed by atoms with Crippen molar-refractivity contribution in [2.75, 3.05) is 5.01 Å². The molecule has 25 heavy (non-hydrogen) atoms. The van der Waals surface area contributed by atoms with Gasteiger partial charge in [-0.1, -0.05) is 57.3 Å². The normalized spacial score (nSPS) is 17.0. The smallest absolute Gasteiger partial charge is 0.0924 e. The molecule has 0 unspecified atom stereocenters. The third kappa shape index (κ3) is 3.49. The molecule has 4 rings (SSSR count). The fourth-order valence-corrected chi connectivity index (χ4v) is 4.49. The number of thiophene rings is 1. The molecule has 0 bridgehead atoms. The molecule has 3 aromatic rings. The van der Waals surface area contributed by atoms with Gasteiger partial charge in [0, 0.05) is 20.8 Å². The maximum Gasteiger partial charge on any atom is 0.0924 e. The summed E-state index contributed by atoms with van der Waals surface area (Å²) in [4.78, 5) is 1.27. The molecule has 0 saturated heterocycles. The van der Waals surface area contributed by atoms with Crippen LogP contribution >= 0.6 is 50.5 Å². The van der Waals surface area contributed by atoms with E-state index in [1.54, 1.807) is 17.4 Å². The van der Waals surface area contributed by atoms with Gasteiger partial charge in [0.2, 0.25) is 0 Å². The summed E-state index contributed by atoms with van der Waals surface area (Å²) in [7, 11) is 0. The highest BCUT2D eigenvalue weighted by Crippen LogP contribution is 2.41. The lowest BCUT2D eigenvalue weighted by Gasteiger charge is -2.23. The van der Waals surface area contributed by atoms with E-state index in [4.69, 9.17) is 28.3 Å². The Labute approximate surface area is 168 Å². The van der Waals surface area contributed by atoms with Crippen LogP contribution in [0.2, 0.25) is 10.0 Å². The van der Waals surface area contributed by atoms with Crippen molar-refractivity contribution in [3.05, 3.63) is 84.9 Å². The average molecular weight is 452 g/mol. The van der Waals surface area contributed by atoms with Crippen molar-refractivity contribution in [3.63, 3.8) is 0 Å². The highest BCUT2D eigenvalue weighted by molar-refractivity contribution is 9.10. The highest BCUT2D eigenvalue weighted by Gasteiger charge is 2.31. The minimum atomic E-state index is 0.136. The summed E-state index contributed by atoms with van der Waals surface area (Å²) in [6.07, 6.45) is 0.834. The van der Waals surface area contributed by atoms with Gasteiger partial charge in [-0.25, -0.2) is 0 Å². The number of nitrogens with zero attached hydrogens (tertiary/aromatic N) is 2. The summed E-state index contributed by atoms with van der Waals surface area (Å²) >= 11 is 17.7. The summed E-state index contributed by atoms with van der Waals surface area (Å²) < 4.78 is 1.06. The van der Waals surface area contributed by atoms with Gasteiger partial charge in [-0.05, 0) is 47.3 Å². The zero-order chi connectivity index (χ0) is 17.4. The van der Waals surface area contributed by atoms with E-state index in [1.165, 1.54) is 4.88 Å². The van der Waals surface area contributed by atoms with E-state index in [1.807, 2.05) is 29.3 Å². The molecular formula is C19H13BrCl2N2S. The molecule has 0 aliphatic carbocycles. The van der Waals surface area contributed by atoms with E-state index in [-0.39, 0.29) is 6.04 Å². The number of hydrazone groups is 1. The van der Waals surface area contributed by atoms with Crippen molar-refractivity contribution in [2.24, 2.45) is 5.10 Å². The van der Waals surface area contributed by atoms with Crippen LogP contribution < -0.4 is 5.01 Å². The summed E-state index contributed by atoms with van der Waals surface area (Å²) in [6.45, 7) is 0. The molecule has 1 aliphatic rings. The van der Waals surface area contributed by atoms with Crippen LogP contribution in [-0.2, 0) is 0 Å². The minimum absolute atomic E-state index is 0.136. The number of hydrogen-bond donors (Lipinski definition) is 0. The fourth-order valence-electron chi connectivity index (χ4n) is 2.92. The predicted octanol–water partition coefficient (Wildman–Crippen LogP) is 7.17. The third-order valence-corrected chi connectivity index (χ3v) is 6.16. The first-order valence-corrected chi connectivity index (χ1v) is 10.2. The van der Waals surface area contributed by atoms with Gasteiger partial charge in [0.1, 0.15) is 0 Å². The molecule has 1 aliphatic heterocycles. The van der Waals surface area contributed by atoms with Gasteiger partial charge in [0.25, 0.3) is 0 Å². The van der Waals surface area contributed by atoms with E-state index in [0.29, 0.717) is 10.0 Å². The number of anilines is 1. The van der Waals surface area contributed by atoms with Crippen molar-refractivity contribution in [1.82, 2.24) is 0 Å². The molecule has 0 saturated carbocycles. The molecule has 0 spiro atoms. The van der Waals surface area contributed by atoms with Crippen LogP contribution in [0.4, 0.5) is 5.69 Å². The molecule has 1 aromatic heterocycles. The van der Waals surface area contributed by atoms with Gasteiger partial charge >= 0.3 is 0 Å². The van der Waals surface area contributed by atoms with Crippen molar-refractivity contribution < 1.29 is 0 Å². The maximum absolute atomic E-state index is 6.45. The second-order valence-electron chi connectivity index (χ2n) is 5.73. The van der Waals surface area contributed by atoms with E-state index >= 15 is 0 Å². The Kier molecular flexibility index (Phi) is 4.87. The monoisotopic (exact) mass is 450 g/mol. The van der Waals surface area contributed by atoms with Crippen LogP contribution in [0.15, 0.2) is 69.6 Å². The standard InChI is InChI=1S/C19H13BrCl2N2S/c20-13-5-3-12(4-6-13)16-11-18(19-2-1-9-25-19)24(23-16)17-8-7-14(21)10-15(17)22/h1-10,18H,11H2/t18-/m1/s1. The van der Waals surface area contributed by atoms with Crippen LogP contribution in [0, 0.1) is 0 Å². The first kappa shape index (κ1) is 17.1. The molecule has 2 aromatic carbocycles. The molecule has 0 amide bonds. The van der Waals surface area contributed by atoms with Crippen molar-refractivity contribution >= 4 is 61.9 Å². The molecule has 2 heterocycles. The lowest BCUT2D eigenvalue weighted by atomic mass is 10.0. The topological polar surface area (TPSA) is 15.6 Å². The van der Waals surface area contributed by atoms with Crippen molar-refractivity contribution in [1.29, 1.82) is 0 Å². The number of hydrogen-bond acceptors (Lipinski definition) is 3. The molecule has 0 fully saturated rings. The van der Waals surface area contributed by atoms with E-state index < -0.39 is 0 Å².